The molecule has 0 bridgehead atoms. The number of esters is 1. The van der Waals surface area contributed by atoms with Crippen molar-refractivity contribution in [1.29, 1.82) is 0 Å². The number of hydrogen-bond acceptors (Lipinski definition) is 3. The van der Waals surface area contributed by atoms with Crippen LogP contribution in [0.3, 0.4) is 0 Å². The van der Waals surface area contributed by atoms with E-state index in [0.29, 0.717) is 17.9 Å². The fourth-order valence-corrected chi connectivity index (χ4v) is 2.92. The Kier molecular flexibility index (Phi) is 4.11. The van der Waals surface area contributed by atoms with Crippen LogP contribution in [0.25, 0.3) is 22.0 Å². The molecular weight excluding hydrogens is 286 g/mol. The van der Waals surface area contributed by atoms with Gasteiger partial charge in [0.2, 0.25) is 0 Å². The molecule has 3 heteroatoms. The molecule has 0 unspecified atom stereocenters. The van der Waals surface area contributed by atoms with Crippen molar-refractivity contribution in [2.75, 3.05) is 6.61 Å². The molecule has 23 heavy (non-hydrogen) atoms. The predicted octanol–water partition coefficient (Wildman–Crippen LogP) is 4.70. The van der Waals surface area contributed by atoms with E-state index in [1.807, 2.05) is 56.3 Å². The molecule has 0 saturated carbocycles. The van der Waals surface area contributed by atoms with Gasteiger partial charge < -0.3 is 4.74 Å². The zero-order valence-electron chi connectivity index (χ0n) is 13.6. The van der Waals surface area contributed by atoms with Crippen molar-refractivity contribution in [3.63, 3.8) is 0 Å². The lowest BCUT2D eigenvalue weighted by Crippen LogP contribution is -2.11. The Bertz CT molecular complexity index is 884. The monoisotopic (exact) mass is 305 g/mol. The van der Waals surface area contributed by atoms with E-state index in [1.165, 1.54) is 0 Å². The molecule has 116 valence electrons. The number of hydrogen-bond donors (Lipinski definition) is 0. The minimum atomic E-state index is -0.318. The Hall–Kier alpha value is -2.68. The average molecular weight is 305 g/mol. The van der Waals surface area contributed by atoms with Gasteiger partial charge in [-0.1, -0.05) is 42.5 Å². The maximum absolute atomic E-state index is 12.6. The molecule has 0 fully saturated rings. The van der Waals surface area contributed by atoms with E-state index in [1.54, 1.807) is 0 Å². The van der Waals surface area contributed by atoms with Crippen molar-refractivity contribution >= 4 is 16.9 Å². The van der Waals surface area contributed by atoms with E-state index in [-0.39, 0.29) is 5.97 Å². The summed E-state index contributed by atoms with van der Waals surface area (Å²) in [5.74, 6) is -0.318. The largest absolute Gasteiger partial charge is 0.462 e. The van der Waals surface area contributed by atoms with Gasteiger partial charge in [-0.15, -0.1) is 0 Å². The zero-order valence-corrected chi connectivity index (χ0v) is 13.6. The smallest absolute Gasteiger partial charge is 0.340 e. The van der Waals surface area contributed by atoms with Crippen LogP contribution >= 0.6 is 0 Å². The normalized spacial score (nSPS) is 10.7. The molecule has 1 heterocycles. The molecule has 1 aromatic heterocycles. The molecule has 0 aliphatic heterocycles. The summed E-state index contributed by atoms with van der Waals surface area (Å²) in [7, 11) is 0. The number of fused-ring (bicyclic) bond motifs is 1. The number of nitrogens with zero attached hydrogens (tertiary/aromatic N) is 1. The summed E-state index contributed by atoms with van der Waals surface area (Å²) >= 11 is 0. The van der Waals surface area contributed by atoms with E-state index in [4.69, 9.17) is 4.74 Å². The van der Waals surface area contributed by atoms with Gasteiger partial charge in [0, 0.05) is 10.9 Å². The number of pyridine rings is 1. The standard InChI is InChI=1S/C20H19NO2/c1-4-23-20(22)18-14(3)21-17-12-8-7-11-16(17)19(18)15-10-6-5-9-13(15)2/h5-12H,4H2,1-3H3. The lowest BCUT2D eigenvalue weighted by atomic mass is 9.92. The second kappa shape index (κ2) is 6.21. The zero-order chi connectivity index (χ0) is 16.4. The topological polar surface area (TPSA) is 39.2 Å². The van der Waals surface area contributed by atoms with Gasteiger partial charge >= 0.3 is 5.97 Å². The van der Waals surface area contributed by atoms with Crippen molar-refractivity contribution in [2.45, 2.75) is 20.8 Å². The number of carbonyl (C=O) groups is 1. The van der Waals surface area contributed by atoms with E-state index in [9.17, 15) is 4.79 Å². The quantitative estimate of drug-likeness (QED) is 0.659. The highest BCUT2D eigenvalue weighted by Crippen LogP contribution is 2.35. The second-order valence-electron chi connectivity index (χ2n) is 5.50. The van der Waals surface area contributed by atoms with Crippen LogP contribution in [-0.4, -0.2) is 17.6 Å². The van der Waals surface area contributed by atoms with Gasteiger partial charge in [-0.25, -0.2) is 4.79 Å². The summed E-state index contributed by atoms with van der Waals surface area (Å²) < 4.78 is 5.28. The molecule has 0 aliphatic carbocycles. The fourth-order valence-electron chi connectivity index (χ4n) is 2.92. The van der Waals surface area contributed by atoms with Gasteiger partial charge in [-0.3, -0.25) is 4.98 Å². The van der Waals surface area contributed by atoms with Crippen LogP contribution < -0.4 is 0 Å². The van der Waals surface area contributed by atoms with Gasteiger partial charge in [0.25, 0.3) is 0 Å². The maximum Gasteiger partial charge on any atom is 0.340 e. The highest BCUT2D eigenvalue weighted by molar-refractivity contribution is 6.08. The Labute approximate surface area is 135 Å². The summed E-state index contributed by atoms with van der Waals surface area (Å²) in [6.45, 7) is 6.07. The molecule has 0 aliphatic rings. The van der Waals surface area contributed by atoms with Crippen LogP contribution in [0.4, 0.5) is 0 Å². The molecule has 0 saturated heterocycles. The van der Waals surface area contributed by atoms with Gasteiger partial charge in [0.05, 0.1) is 23.4 Å². The van der Waals surface area contributed by atoms with Crippen LogP contribution in [0.5, 0.6) is 0 Å². The number of aromatic nitrogens is 1. The Balaban J connectivity index is 2.42. The van der Waals surface area contributed by atoms with Crippen LogP contribution in [0, 0.1) is 13.8 Å². The summed E-state index contributed by atoms with van der Waals surface area (Å²) in [5.41, 5.74) is 5.20. The first-order valence-corrected chi connectivity index (χ1v) is 7.76. The average Bonchev–Trinajstić information content (AvgIpc) is 2.54. The summed E-state index contributed by atoms with van der Waals surface area (Å²) in [4.78, 5) is 17.1. The summed E-state index contributed by atoms with van der Waals surface area (Å²) in [5, 5.41) is 0.968. The van der Waals surface area contributed by atoms with Gasteiger partial charge in [0.1, 0.15) is 0 Å². The van der Waals surface area contributed by atoms with Crippen molar-refractivity contribution in [3.05, 3.63) is 65.4 Å². The lowest BCUT2D eigenvalue weighted by Gasteiger charge is -2.16. The Morgan fingerprint density at radius 3 is 2.48 bits per heavy atom. The number of rotatable bonds is 3. The SMILES string of the molecule is CCOC(=O)c1c(C)nc2ccccc2c1-c1ccccc1C. The number of aryl methyl sites for hydroxylation is 2. The van der Waals surface area contributed by atoms with E-state index < -0.39 is 0 Å². The van der Waals surface area contributed by atoms with Crippen LogP contribution in [0.1, 0.15) is 28.5 Å². The Morgan fingerprint density at radius 2 is 1.74 bits per heavy atom. The van der Waals surface area contributed by atoms with Crippen molar-refractivity contribution < 1.29 is 9.53 Å². The minimum absolute atomic E-state index is 0.318. The van der Waals surface area contributed by atoms with E-state index in [0.717, 1.165) is 27.6 Å². The van der Waals surface area contributed by atoms with Gasteiger partial charge in [-0.2, -0.15) is 0 Å². The highest BCUT2D eigenvalue weighted by Gasteiger charge is 2.21. The number of benzene rings is 2. The van der Waals surface area contributed by atoms with Crippen molar-refractivity contribution in [1.82, 2.24) is 4.98 Å². The third-order valence-electron chi connectivity index (χ3n) is 3.97. The number of para-hydroxylation sites is 1. The van der Waals surface area contributed by atoms with Gasteiger partial charge in [0.15, 0.2) is 0 Å². The molecule has 3 rings (SSSR count). The molecule has 0 N–H and O–H groups in total. The summed E-state index contributed by atoms with van der Waals surface area (Å²) in [6.07, 6.45) is 0. The van der Waals surface area contributed by atoms with E-state index >= 15 is 0 Å². The maximum atomic E-state index is 12.6. The molecule has 2 aromatic carbocycles. The van der Waals surface area contributed by atoms with Crippen LogP contribution in [0.15, 0.2) is 48.5 Å². The van der Waals surface area contributed by atoms with Crippen molar-refractivity contribution in [3.8, 4) is 11.1 Å². The number of carbonyl (C=O) groups excluding carboxylic acids is 1. The van der Waals surface area contributed by atoms with Crippen molar-refractivity contribution in [2.24, 2.45) is 0 Å². The second-order valence-corrected chi connectivity index (χ2v) is 5.50. The predicted molar refractivity (Wildman–Crippen MR) is 92.6 cm³/mol. The molecule has 0 amide bonds. The number of ether oxygens (including phenoxy) is 1. The summed E-state index contributed by atoms with van der Waals surface area (Å²) in [6, 6.07) is 16.0. The lowest BCUT2D eigenvalue weighted by molar-refractivity contribution is 0.0526. The molecule has 3 aromatic rings. The highest BCUT2D eigenvalue weighted by atomic mass is 16.5. The third kappa shape index (κ3) is 2.70. The van der Waals surface area contributed by atoms with E-state index in [2.05, 4.69) is 18.0 Å². The third-order valence-corrected chi connectivity index (χ3v) is 3.97. The first-order chi connectivity index (χ1) is 11.1. The Morgan fingerprint density at radius 1 is 1.04 bits per heavy atom. The first kappa shape index (κ1) is 15.2. The molecule has 0 spiro atoms. The van der Waals surface area contributed by atoms with Gasteiger partial charge in [-0.05, 0) is 38.0 Å². The molecular formula is C20H19NO2. The minimum Gasteiger partial charge on any atom is -0.462 e. The molecule has 3 nitrogen and oxygen atoms in total. The van der Waals surface area contributed by atoms with Crippen LogP contribution in [0.2, 0.25) is 0 Å². The fraction of sp³-hybridized carbons (Fsp3) is 0.200. The molecule has 0 radical (unpaired) electrons. The first-order valence-electron chi connectivity index (χ1n) is 7.76. The molecule has 0 atom stereocenters. The van der Waals surface area contributed by atoms with Crippen LogP contribution in [-0.2, 0) is 4.74 Å².